The Morgan fingerprint density at radius 2 is 0.879 bits per heavy atom. The van der Waals surface area contributed by atoms with E-state index in [2.05, 4.69) is 41.7 Å². The molecule has 5 aromatic rings. The summed E-state index contributed by atoms with van der Waals surface area (Å²) in [7, 11) is 0. The number of azo groups is 2. The van der Waals surface area contributed by atoms with E-state index in [-0.39, 0.29) is 43.3 Å². The van der Waals surface area contributed by atoms with Gasteiger partial charge in [-0.25, -0.2) is 0 Å². The van der Waals surface area contributed by atoms with Crippen LogP contribution in [0.25, 0.3) is 0 Å². The highest BCUT2D eigenvalue weighted by Crippen LogP contribution is 2.34. The average Bonchev–Trinajstić information content (AvgIpc) is 3.27. The van der Waals surface area contributed by atoms with Crippen LogP contribution in [0.2, 0.25) is 10.0 Å². The van der Waals surface area contributed by atoms with E-state index in [1.807, 2.05) is 13.8 Å². The van der Waals surface area contributed by atoms with Crippen molar-refractivity contribution in [1.82, 2.24) is 0 Å². The SMILES string of the molecule is CCc1cc(NC(=O)C(N=Nc2cccc(C(=O)Nc3ccccc3C(C)Cl)c2Cl)C(C)=O)c(CC)cc1NC(=O)C(N=Nc1cccc(C(=O)Nc2ccccc2C(C)Cl)c1Cl)C(C)=O. The van der Waals surface area contributed by atoms with Crippen LogP contribution in [0.4, 0.5) is 34.1 Å². The fourth-order valence-corrected chi connectivity index (χ4v) is 7.51. The van der Waals surface area contributed by atoms with Crippen molar-refractivity contribution >= 4 is 116 Å². The van der Waals surface area contributed by atoms with Crippen LogP contribution >= 0.6 is 46.4 Å². The molecule has 4 unspecified atom stereocenters. The first kappa shape index (κ1) is 50.7. The predicted octanol–water partition coefficient (Wildman–Crippen LogP) is 12.6. The number of carbonyl (C=O) groups is 6. The van der Waals surface area contributed by atoms with E-state index >= 15 is 0 Å². The van der Waals surface area contributed by atoms with Gasteiger partial charge in [0.1, 0.15) is 11.4 Å². The third-order valence-electron chi connectivity index (χ3n) is 10.2. The lowest BCUT2D eigenvalue weighted by Crippen LogP contribution is -2.33. The summed E-state index contributed by atoms with van der Waals surface area (Å²) in [5, 5.41) is 26.6. The third-order valence-corrected chi connectivity index (χ3v) is 11.4. The van der Waals surface area contributed by atoms with Crippen molar-refractivity contribution in [1.29, 1.82) is 0 Å². The van der Waals surface area contributed by atoms with Gasteiger partial charge in [0, 0.05) is 22.7 Å². The van der Waals surface area contributed by atoms with E-state index < -0.39 is 47.3 Å². The highest BCUT2D eigenvalue weighted by atomic mass is 35.5. The molecule has 0 saturated carbocycles. The zero-order valence-electron chi connectivity index (χ0n) is 36.7. The Labute approximate surface area is 402 Å². The highest BCUT2D eigenvalue weighted by molar-refractivity contribution is 6.37. The minimum absolute atomic E-state index is 0.0486. The van der Waals surface area contributed by atoms with Gasteiger partial charge in [-0.1, -0.05) is 85.6 Å². The van der Waals surface area contributed by atoms with Gasteiger partial charge >= 0.3 is 0 Å². The van der Waals surface area contributed by atoms with E-state index in [1.54, 1.807) is 74.5 Å². The van der Waals surface area contributed by atoms with Gasteiger partial charge in [0.05, 0.1) is 31.9 Å². The number of carbonyl (C=O) groups excluding carboxylic acids is 6. The molecule has 66 heavy (non-hydrogen) atoms. The van der Waals surface area contributed by atoms with Crippen molar-refractivity contribution in [2.24, 2.45) is 20.5 Å². The number of para-hydroxylation sites is 2. The summed E-state index contributed by atoms with van der Waals surface area (Å²) in [4.78, 5) is 79.4. The maximum atomic E-state index is 13.7. The third kappa shape index (κ3) is 12.5. The normalized spacial score (nSPS) is 13.1. The van der Waals surface area contributed by atoms with Crippen molar-refractivity contribution in [3.63, 3.8) is 0 Å². The summed E-state index contributed by atoms with van der Waals surface area (Å²) in [6.07, 6.45) is 0.754. The number of alkyl halides is 2. The summed E-state index contributed by atoms with van der Waals surface area (Å²) in [6, 6.07) is 23.3. The van der Waals surface area contributed by atoms with Crippen molar-refractivity contribution in [3.8, 4) is 0 Å². The molecule has 0 heterocycles. The summed E-state index contributed by atoms with van der Waals surface area (Å²) in [6.45, 7) is 9.59. The molecule has 5 aromatic carbocycles. The van der Waals surface area contributed by atoms with E-state index in [4.69, 9.17) is 46.4 Å². The minimum Gasteiger partial charge on any atom is -0.323 e. The van der Waals surface area contributed by atoms with Gasteiger partial charge in [0.15, 0.2) is 11.6 Å². The Hall–Kier alpha value is -6.32. The fraction of sp³-hybridized carbons (Fsp3) is 0.250. The van der Waals surface area contributed by atoms with E-state index in [0.717, 1.165) is 0 Å². The second kappa shape index (κ2) is 23.2. The second-order valence-electron chi connectivity index (χ2n) is 14.9. The number of halogens is 4. The summed E-state index contributed by atoms with van der Waals surface area (Å²) in [5.41, 5.74) is 4.54. The number of hydrogen-bond acceptors (Lipinski definition) is 10. The summed E-state index contributed by atoms with van der Waals surface area (Å²) < 4.78 is 0. The second-order valence-corrected chi connectivity index (χ2v) is 17.0. The zero-order chi connectivity index (χ0) is 48.2. The van der Waals surface area contributed by atoms with E-state index in [1.165, 1.54) is 50.2 Å². The van der Waals surface area contributed by atoms with Crippen LogP contribution in [0.3, 0.4) is 0 Å². The standard InChI is InChI=1S/C48H46Cl4N8O6/c1-7-29-23-40(56-48(66)44(28(6)62)60-58-38-22-14-18-34(42(38)52)46(64)54-36-20-12-10-16-32(36)26(4)50)30(8-2)24-39(29)55-47(65)43(27(5)61)59-57-37-21-13-17-33(41(37)51)45(63)53-35-19-11-9-15-31(35)25(3)49/h9-26,43-44H,7-8H2,1-6H3,(H,53,63)(H,54,64)(H,55,65)(H,56,66). The molecule has 0 aromatic heterocycles. The number of anilines is 4. The molecule has 5 rings (SSSR count). The van der Waals surface area contributed by atoms with Gasteiger partial charge < -0.3 is 21.3 Å². The largest absolute Gasteiger partial charge is 0.323 e. The van der Waals surface area contributed by atoms with Gasteiger partial charge in [-0.2, -0.15) is 20.5 Å². The van der Waals surface area contributed by atoms with E-state index in [0.29, 0.717) is 57.8 Å². The molecule has 0 aliphatic carbocycles. The first-order chi connectivity index (χ1) is 31.4. The van der Waals surface area contributed by atoms with Gasteiger partial charge in [-0.05, 0) is 111 Å². The van der Waals surface area contributed by atoms with Gasteiger partial charge in [-0.3, -0.25) is 28.8 Å². The number of amides is 4. The average molecular weight is 973 g/mol. The predicted molar refractivity (Wildman–Crippen MR) is 261 cm³/mol. The van der Waals surface area contributed by atoms with E-state index in [9.17, 15) is 28.8 Å². The Kier molecular flexibility index (Phi) is 17.8. The molecule has 0 fully saturated rings. The molecule has 342 valence electrons. The van der Waals surface area contributed by atoms with Crippen LogP contribution < -0.4 is 21.3 Å². The molecule has 4 atom stereocenters. The monoisotopic (exact) mass is 970 g/mol. The molecule has 0 aliphatic rings. The number of aryl methyl sites for hydroxylation is 2. The van der Waals surface area contributed by atoms with Crippen LogP contribution in [0.5, 0.6) is 0 Å². The number of nitrogens with one attached hydrogen (secondary N) is 4. The number of hydrogen-bond donors (Lipinski definition) is 4. The Morgan fingerprint density at radius 1 is 0.515 bits per heavy atom. The summed E-state index contributed by atoms with van der Waals surface area (Å²) >= 11 is 25.8. The van der Waals surface area contributed by atoms with Crippen molar-refractivity contribution in [2.75, 3.05) is 21.3 Å². The Balaban J connectivity index is 1.32. The highest BCUT2D eigenvalue weighted by Gasteiger charge is 2.27. The molecule has 4 N–H and O–H groups in total. The number of ketones is 2. The molecule has 4 amide bonds. The minimum atomic E-state index is -1.59. The van der Waals surface area contributed by atoms with Gasteiger partial charge in [-0.15, -0.1) is 23.2 Å². The maximum absolute atomic E-state index is 13.7. The molecule has 0 radical (unpaired) electrons. The molecule has 0 bridgehead atoms. The molecule has 0 aliphatic heterocycles. The molecular formula is C48H46Cl4N8O6. The molecule has 0 spiro atoms. The van der Waals surface area contributed by atoms with Crippen LogP contribution in [0, 0.1) is 0 Å². The van der Waals surface area contributed by atoms with Crippen LogP contribution in [-0.4, -0.2) is 47.3 Å². The molecular weight excluding hydrogens is 926 g/mol. The Morgan fingerprint density at radius 3 is 1.21 bits per heavy atom. The lowest BCUT2D eigenvalue weighted by Gasteiger charge is -2.18. The van der Waals surface area contributed by atoms with Crippen LogP contribution in [-0.2, 0) is 32.0 Å². The summed E-state index contributed by atoms with van der Waals surface area (Å²) in [5.74, 6) is -3.87. The zero-order valence-corrected chi connectivity index (χ0v) is 39.7. The lowest BCUT2D eigenvalue weighted by molar-refractivity contribution is -0.127. The molecule has 18 heteroatoms. The molecule has 14 nitrogen and oxygen atoms in total. The van der Waals surface area contributed by atoms with Crippen LogP contribution in [0.15, 0.2) is 118 Å². The van der Waals surface area contributed by atoms with Gasteiger partial charge in [0.2, 0.25) is 12.1 Å². The van der Waals surface area contributed by atoms with Gasteiger partial charge in [0.25, 0.3) is 23.6 Å². The lowest BCUT2D eigenvalue weighted by atomic mass is 10.0. The number of rotatable bonds is 18. The maximum Gasteiger partial charge on any atom is 0.258 e. The Bertz CT molecular complexity index is 2560. The molecule has 0 saturated heterocycles. The quantitative estimate of drug-likeness (QED) is 0.0382. The first-order valence-electron chi connectivity index (χ1n) is 20.7. The number of Topliss-reactive ketones (excluding diaryl/α,β-unsaturated/α-hetero) is 2. The van der Waals surface area contributed by atoms with Crippen molar-refractivity contribution in [2.45, 2.75) is 77.2 Å². The van der Waals surface area contributed by atoms with Crippen molar-refractivity contribution in [3.05, 3.63) is 140 Å². The number of nitrogens with zero attached hydrogens (tertiary/aromatic N) is 4. The first-order valence-corrected chi connectivity index (χ1v) is 22.3. The smallest absolute Gasteiger partial charge is 0.258 e. The fourth-order valence-electron chi connectivity index (χ4n) is 6.63. The topological polar surface area (TPSA) is 200 Å². The number of benzene rings is 5. The van der Waals surface area contributed by atoms with Crippen LogP contribution in [0.1, 0.15) is 95.3 Å². The van der Waals surface area contributed by atoms with Crippen molar-refractivity contribution < 1.29 is 28.8 Å².